The summed E-state index contributed by atoms with van der Waals surface area (Å²) in [6.45, 7) is 4.41. The van der Waals surface area contributed by atoms with Crippen molar-refractivity contribution in [3.05, 3.63) is 0 Å². The minimum Gasteiger partial charge on any atom is -0.449 e. The number of carbonyl (C=O) groups excluding carboxylic acids is 3. The van der Waals surface area contributed by atoms with Gasteiger partial charge in [-0.15, -0.1) is 0 Å². The smallest absolute Gasteiger partial charge is 0.407 e. The molecule has 2 bridgehead atoms. The predicted molar refractivity (Wildman–Crippen MR) is 131 cm³/mol. The molecule has 1 aliphatic heterocycles. The van der Waals surface area contributed by atoms with Gasteiger partial charge in [0.25, 0.3) is 10.1 Å². The van der Waals surface area contributed by atoms with Crippen LogP contribution in [0.4, 0.5) is 4.79 Å². The van der Waals surface area contributed by atoms with Crippen LogP contribution in [0.15, 0.2) is 0 Å². The van der Waals surface area contributed by atoms with E-state index in [0.717, 1.165) is 12.8 Å². The number of aliphatic hydroxyl groups is 1. The zero-order valence-corrected chi connectivity index (χ0v) is 22.0. The monoisotopic (exact) mass is 531 g/mol. The van der Waals surface area contributed by atoms with Crippen molar-refractivity contribution in [2.45, 2.75) is 89.2 Å². The van der Waals surface area contributed by atoms with Crippen LogP contribution in [0.3, 0.4) is 0 Å². The summed E-state index contributed by atoms with van der Waals surface area (Å²) in [5.74, 6) is 0.0445. The highest BCUT2D eigenvalue weighted by Gasteiger charge is 2.38. The number of amides is 3. The molecular weight excluding hydrogens is 490 g/mol. The van der Waals surface area contributed by atoms with Gasteiger partial charge in [-0.3, -0.25) is 14.1 Å². The molecule has 1 heterocycles. The van der Waals surface area contributed by atoms with Gasteiger partial charge < -0.3 is 25.8 Å². The summed E-state index contributed by atoms with van der Waals surface area (Å²) in [6.07, 6.45) is 6.83. The fourth-order valence-corrected chi connectivity index (χ4v) is 6.59. The molecule has 0 aromatic carbocycles. The minimum absolute atomic E-state index is 0.00401. The van der Waals surface area contributed by atoms with Gasteiger partial charge in [-0.25, -0.2) is 4.79 Å². The zero-order chi connectivity index (χ0) is 26.5. The molecule has 0 aromatic heterocycles. The van der Waals surface area contributed by atoms with E-state index in [1.54, 1.807) is 0 Å². The maximum atomic E-state index is 13.1. The van der Waals surface area contributed by atoms with Crippen LogP contribution in [0.25, 0.3) is 0 Å². The van der Waals surface area contributed by atoms with Crippen molar-refractivity contribution in [3.63, 3.8) is 0 Å². The summed E-state index contributed by atoms with van der Waals surface area (Å²) >= 11 is 0. The second-order valence-corrected chi connectivity index (χ2v) is 12.7. The van der Waals surface area contributed by atoms with Gasteiger partial charge in [-0.2, -0.15) is 8.42 Å². The predicted octanol–water partition coefficient (Wildman–Crippen LogP) is 1.56. The normalized spacial score (nSPS) is 28.6. The fourth-order valence-electron chi connectivity index (χ4n) is 6.00. The Hall–Kier alpha value is -1.92. The molecule has 3 aliphatic rings. The third kappa shape index (κ3) is 8.31. The van der Waals surface area contributed by atoms with Crippen LogP contribution >= 0.6 is 0 Å². The number of hydrogen-bond donors (Lipinski definition) is 5. The Morgan fingerprint density at radius 3 is 2.33 bits per heavy atom. The van der Waals surface area contributed by atoms with Gasteiger partial charge in [-0.1, -0.05) is 33.1 Å². The first-order chi connectivity index (χ1) is 16.9. The van der Waals surface area contributed by atoms with Crippen molar-refractivity contribution in [1.29, 1.82) is 0 Å². The Kier molecular flexibility index (Phi) is 9.99. The minimum atomic E-state index is -4.91. The van der Waals surface area contributed by atoms with Crippen molar-refractivity contribution < 1.29 is 37.2 Å². The summed E-state index contributed by atoms with van der Waals surface area (Å²) in [6, 6.07) is -2.48. The molecule has 36 heavy (non-hydrogen) atoms. The van der Waals surface area contributed by atoms with Crippen molar-refractivity contribution in [3.8, 4) is 0 Å². The maximum Gasteiger partial charge on any atom is 0.407 e. The number of ether oxygens (including phenoxy) is 1. The average molecular weight is 532 g/mol. The second kappa shape index (κ2) is 12.6. The molecule has 2 saturated carbocycles. The Balaban J connectivity index is 1.59. The Labute approximate surface area is 213 Å². The fraction of sp³-hybridized carbons (Fsp3) is 0.875. The van der Waals surface area contributed by atoms with Gasteiger partial charge in [-0.05, 0) is 62.2 Å². The van der Waals surface area contributed by atoms with Gasteiger partial charge in [0.1, 0.15) is 6.04 Å². The number of nitrogens with one attached hydrogen (secondary N) is 3. The molecule has 2 aliphatic carbocycles. The quantitative estimate of drug-likeness (QED) is 0.250. The van der Waals surface area contributed by atoms with Crippen LogP contribution in [0, 0.1) is 29.6 Å². The molecular formula is C24H41N3O8S. The van der Waals surface area contributed by atoms with E-state index in [1.807, 2.05) is 13.8 Å². The van der Waals surface area contributed by atoms with Gasteiger partial charge in [0, 0.05) is 12.5 Å². The van der Waals surface area contributed by atoms with E-state index < -0.39 is 45.6 Å². The Morgan fingerprint density at radius 1 is 1.11 bits per heavy atom. The molecule has 0 aromatic rings. The average Bonchev–Trinajstić information content (AvgIpc) is 3.19. The highest BCUT2D eigenvalue weighted by Crippen LogP contribution is 2.42. The summed E-state index contributed by atoms with van der Waals surface area (Å²) < 4.78 is 38.1. The Morgan fingerprint density at radius 2 is 1.78 bits per heavy atom. The van der Waals surface area contributed by atoms with E-state index in [0.29, 0.717) is 30.7 Å². The molecule has 5 unspecified atom stereocenters. The molecule has 206 valence electrons. The highest BCUT2D eigenvalue weighted by molar-refractivity contribution is 7.86. The number of alkyl carbamates (subject to hydrolysis) is 1. The summed E-state index contributed by atoms with van der Waals surface area (Å²) in [7, 11) is -4.91. The highest BCUT2D eigenvalue weighted by atomic mass is 32.2. The van der Waals surface area contributed by atoms with Crippen LogP contribution in [0.2, 0.25) is 0 Å². The van der Waals surface area contributed by atoms with Crippen LogP contribution in [-0.4, -0.2) is 66.7 Å². The summed E-state index contributed by atoms with van der Waals surface area (Å²) in [5, 5.41) is 17.8. The lowest BCUT2D eigenvalue weighted by Crippen LogP contribution is -2.55. The first kappa shape index (κ1) is 28.6. The molecule has 5 N–H and O–H groups in total. The molecule has 3 amide bonds. The Bertz CT molecular complexity index is 884. The summed E-state index contributed by atoms with van der Waals surface area (Å²) in [5.41, 5.74) is -2.31. The van der Waals surface area contributed by atoms with Crippen LogP contribution in [0.1, 0.15) is 71.6 Å². The van der Waals surface area contributed by atoms with E-state index in [1.165, 1.54) is 25.7 Å². The van der Waals surface area contributed by atoms with Gasteiger partial charge in [0.2, 0.25) is 17.3 Å². The van der Waals surface area contributed by atoms with Crippen molar-refractivity contribution in [1.82, 2.24) is 16.0 Å². The number of fused-ring (bicyclic) bond motifs is 2. The van der Waals surface area contributed by atoms with E-state index in [9.17, 15) is 32.5 Å². The van der Waals surface area contributed by atoms with E-state index >= 15 is 0 Å². The largest absolute Gasteiger partial charge is 0.449 e. The molecule has 12 heteroatoms. The molecule has 3 fully saturated rings. The first-order valence-corrected chi connectivity index (χ1v) is 14.6. The van der Waals surface area contributed by atoms with Crippen LogP contribution in [-0.2, 0) is 24.4 Å². The topological polar surface area (TPSA) is 171 Å². The number of aliphatic hydroxyl groups excluding tert-OH is 1. The standard InChI is InChI=1S/C24H41N3O8S/c1-14(2)8-19(27-24(31)35-13-17-10-15-4-3-5-16(9-15)11-17)22(29)26-20(23(30)36(32,33)34)12-18-6-7-25-21(18)28/h14-20,23,30H,3-13H2,1-2H3,(H,25,28)(H,26,29)(H,27,31)(H,32,33,34)/t15?,16?,17?,18?,19-,20?,23?/m0/s1. The molecule has 0 radical (unpaired) electrons. The maximum absolute atomic E-state index is 13.1. The molecule has 0 spiro atoms. The summed E-state index contributed by atoms with van der Waals surface area (Å²) in [4.78, 5) is 37.6. The second-order valence-electron chi connectivity index (χ2n) is 11.2. The SMILES string of the molecule is CC(C)C[C@H](NC(=O)OCC1CC2CCCC(C2)C1)C(=O)NC(CC1CCNC1=O)C(O)S(=O)(=O)O. The molecule has 1 saturated heterocycles. The van der Waals surface area contributed by atoms with Crippen LogP contribution in [0.5, 0.6) is 0 Å². The van der Waals surface area contributed by atoms with E-state index in [-0.39, 0.29) is 31.3 Å². The van der Waals surface area contributed by atoms with E-state index in [4.69, 9.17) is 4.74 Å². The molecule has 6 atom stereocenters. The molecule has 3 rings (SSSR count). The third-order valence-corrected chi connectivity index (χ3v) is 8.61. The van der Waals surface area contributed by atoms with Gasteiger partial charge in [0.15, 0.2) is 0 Å². The number of carbonyl (C=O) groups is 3. The van der Waals surface area contributed by atoms with Crippen molar-refractivity contribution >= 4 is 28.0 Å². The number of hydrogen-bond acceptors (Lipinski definition) is 7. The third-order valence-electron chi connectivity index (χ3n) is 7.67. The van der Waals surface area contributed by atoms with Crippen molar-refractivity contribution in [2.75, 3.05) is 13.2 Å². The lowest BCUT2D eigenvalue weighted by Gasteiger charge is -2.38. The lowest BCUT2D eigenvalue weighted by molar-refractivity contribution is -0.126. The zero-order valence-electron chi connectivity index (χ0n) is 21.1. The van der Waals surface area contributed by atoms with E-state index in [2.05, 4.69) is 16.0 Å². The molecule has 11 nitrogen and oxygen atoms in total. The lowest BCUT2D eigenvalue weighted by atomic mass is 9.68. The van der Waals surface area contributed by atoms with Gasteiger partial charge in [0.05, 0.1) is 12.6 Å². The van der Waals surface area contributed by atoms with Crippen molar-refractivity contribution in [2.24, 2.45) is 29.6 Å². The van der Waals surface area contributed by atoms with Crippen LogP contribution < -0.4 is 16.0 Å². The first-order valence-electron chi connectivity index (χ1n) is 13.1. The number of rotatable bonds is 11. The van der Waals surface area contributed by atoms with Gasteiger partial charge >= 0.3 is 6.09 Å².